The van der Waals surface area contributed by atoms with Crippen LogP contribution in [0, 0.1) is 10.1 Å². The second kappa shape index (κ2) is 5.67. The van der Waals surface area contributed by atoms with E-state index in [0.29, 0.717) is 15.6 Å². The third kappa shape index (κ3) is 3.68. The molecule has 0 spiro atoms. The van der Waals surface area contributed by atoms with Crippen LogP contribution in [0.1, 0.15) is 37.0 Å². The molecule has 0 heterocycles. The molecule has 0 saturated heterocycles. The van der Waals surface area contributed by atoms with Gasteiger partial charge in [-0.2, -0.15) is 0 Å². The van der Waals surface area contributed by atoms with Gasteiger partial charge in [0.05, 0.1) is 10.0 Å². The van der Waals surface area contributed by atoms with Crippen LogP contribution in [0.3, 0.4) is 0 Å². The lowest BCUT2D eigenvalue weighted by molar-refractivity contribution is -0.561. The van der Waals surface area contributed by atoms with E-state index in [4.69, 9.17) is 23.2 Å². The average molecular weight is 290 g/mol. The summed E-state index contributed by atoms with van der Waals surface area (Å²) in [6.45, 7) is 2.99. The Bertz CT molecular complexity index is 486. The lowest BCUT2D eigenvalue weighted by Crippen LogP contribution is -2.31. The van der Waals surface area contributed by atoms with Gasteiger partial charge in [0.1, 0.15) is 0 Å². The first-order valence-electron chi connectivity index (χ1n) is 5.37. The summed E-state index contributed by atoms with van der Waals surface area (Å²) in [7, 11) is 0. The van der Waals surface area contributed by atoms with Gasteiger partial charge in [-0.3, -0.25) is 14.9 Å². The summed E-state index contributed by atoms with van der Waals surface area (Å²) >= 11 is 11.6. The van der Waals surface area contributed by atoms with Gasteiger partial charge < -0.3 is 0 Å². The SMILES string of the molecule is CC(C)(CCC(=O)c1ccc(Cl)c(Cl)c1)[N+](=O)[O-]. The smallest absolute Gasteiger partial charge is 0.217 e. The second-order valence-corrected chi connectivity index (χ2v) is 5.44. The number of ketones is 1. The maximum absolute atomic E-state index is 11.9. The molecule has 0 amide bonds. The summed E-state index contributed by atoms with van der Waals surface area (Å²) < 4.78 is 0. The first-order valence-corrected chi connectivity index (χ1v) is 6.12. The van der Waals surface area contributed by atoms with Crippen LogP contribution < -0.4 is 0 Å². The number of nitro groups is 1. The Morgan fingerprint density at radius 3 is 2.44 bits per heavy atom. The lowest BCUT2D eigenvalue weighted by atomic mass is 9.95. The van der Waals surface area contributed by atoms with Gasteiger partial charge in [0.2, 0.25) is 5.54 Å². The number of hydrogen-bond acceptors (Lipinski definition) is 3. The molecule has 0 aliphatic carbocycles. The monoisotopic (exact) mass is 289 g/mol. The van der Waals surface area contributed by atoms with Crippen molar-refractivity contribution in [2.75, 3.05) is 0 Å². The molecule has 1 aromatic rings. The van der Waals surface area contributed by atoms with E-state index in [1.54, 1.807) is 6.07 Å². The van der Waals surface area contributed by atoms with Crippen LogP contribution in [-0.4, -0.2) is 16.2 Å². The number of halogens is 2. The van der Waals surface area contributed by atoms with Crippen LogP contribution in [0.15, 0.2) is 18.2 Å². The third-order valence-electron chi connectivity index (χ3n) is 2.70. The van der Waals surface area contributed by atoms with E-state index in [1.165, 1.54) is 26.0 Å². The van der Waals surface area contributed by atoms with Crippen molar-refractivity contribution >= 4 is 29.0 Å². The van der Waals surface area contributed by atoms with Gasteiger partial charge >= 0.3 is 0 Å². The van der Waals surface area contributed by atoms with Gasteiger partial charge in [-0.1, -0.05) is 23.2 Å². The molecule has 1 rings (SSSR count). The molecule has 6 heteroatoms. The molecular weight excluding hydrogens is 277 g/mol. The molecular formula is C12H13Cl2NO3. The molecule has 1 aromatic carbocycles. The Morgan fingerprint density at radius 1 is 1.33 bits per heavy atom. The Morgan fingerprint density at radius 2 is 1.94 bits per heavy atom. The summed E-state index contributed by atoms with van der Waals surface area (Å²) in [5.41, 5.74) is -0.685. The molecule has 0 aliphatic rings. The van der Waals surface area contributed by atoms with Crippen molar-refractivity contribution in [3.05, 3.63) is 43.9 Å². The largest absolute Gasteiger partial charge is 0.294 e. The number of carbonyl (C=O) groups excluding carboxylic acids is 1. The number of Topliss-reactive ketones (excluding diaryl/α,β-unsaturated/α-hetero) is 1. The predicted octanol–water partition coefficient (Wildman–Crippen LogP) is 4.01. The number of hydrogen-bond donors (Lipinski definition) is 0. The van der Waals surface area contributed by atoms with Gasteiger partial charge in [-0.05, 0) is 18.2 Å². The normalized spacial score (nSPS) is 11.3. The molecule has 0 aromatic heterocycles. The van der Waals surface area contributed by atoms with Crippen molar-refractivity contribution in [2.24, 2.45) is 0 Å². The molecule has 0 fully saturated rings. The van der Waals surface area contributed by atoms with Gasteiger partial charge in [0.15, 0.2) is 5.78 Å². The zero-order valence-corrected chi connectivity index (χ0v) is 11.6. The summed E-state index contributed by atoms with van der Waals surface area (Å²) in [4.78, 5) is 22.2. The second-order valence-electron chi connectivity index (χ2n) is 4.62. The van der Waals surface area contributed by atoms with E-state index in [-0.39, 0.29) is 23.5 Å². The zero-order chi connectivity index (χ0) is 13.9. The van der Waals surface area contributed by atoms with E-state index in [0.717, 1.165) is 0 Å². The summed E-state index contributed by atoms with van der Waals surface area (Å²) in [5.74, 6) is -0.177. The Labute approximate surface area is 115 Å². The quantitative estimate of drug-likeness (QED) is 0.467. The van der Waals surface area contributed by atoms with Crippen molar-refractivity contribution in [1.82, 2.24) is 0 Å². The Balaban J connectivity index is 2.72. The maximum atomic E-state index is 11.9. The number of carbonyl (C=O) groups is 1. The molecule has 0 radical (unpaired) electrons. The lowest BCUT2D eigenvalue weighted by Gasteiger charge is -2.14. The van der Waals surface area contributed by atoms with Gasteiger partial charge in [-0.25, -0.2) is 0 Å². The predicted molar refractivity (Wildman–Crippen MR) is 71.1 cm³/mol. The molecule has 0 saturated carbocycles. The number of benzene rings is 1. The number of rotatable bonds is 5. The van der Waals surface area contributed by atoms with Crippen LogP contribution in [-0.2, 0) is 0 Å². The molecule has 0 N–H and O–H groups in total. The van der Waals surface area contributed by atoms with Crippen molar-refractivity contribution < 1.29 is 9.72 Å². The van der Waals surface area contributed by atoms with Crippen molar-refractivity contribution in [3.8, 4) is 0 Å². The van der Waals surface area contributed by atoms with Gasteiger partial charge in [-0.15, -0.1) is 0 Å². The Kier molecular flexibility index (Phi) is 4.71. The number of nitrogens with zero attached hydrogens (tertiary/aromatic N) is 1. The molecule has 0 bridgehead atoms. The summed E-state index contributed by atoms with van der Waals surface area (Å²) in [6, 6.07) is 4.58. The average Bonchev–Trinajstić information content (AvgIpc) is 2.29. The molecule has 0 atom stereocenters. The molecule has 98 valence electrons. The van der Waals surface area contributed by atoms with Crippen LogP contribution in [0.2, 0.25) is 10.0 Å². The van der Waals surface area contributed by atoms with Crippen molar-refractivity contribution in [3.63, 3.8) is 0 Å². The summed E-state index contributed by atoms with van der Waals surface area (Å²) in [6.07, 6.45) is 0.283. The standard InChI is InChI=1S/C12H13Cl2NO3/c1-12(2,15(17)18)6-5-11(16)8-3-4-9(13)10(14)7-8/h3-4,7H,5-6H2,1-2H3. The Hall–Kier alpha value is -1.13. The van der Waals surface area contributed by atoms with Crippen LogP contribution >= 0.6 is 23.2 Å². The molecule has 0 aliphatic heterocycles. The van der Waals surface area contributed by atoms with Crippen LogP contribution in [0.25, 0.3) is 0 Å². The fraction of sp³-hybridized carbons (Fsp3) is 0.417. The topological polar surface area (TPSA) is 60.2 Å². The molecule has 0 unspecified atom stereocenters. The fourth-order valence-electron chi connectivity index (χ4n) is 1.32. The fourth-order valence-corrected chi connectivity index (χ4v) is 1.62. The van der Waals surface area contributed by atoms with Crippen LogP contribution in [0.5, 0.6) is 0 Å². The zero-order valence-electron chi connectivity index (χ0n) is 10.1. The van der Waals surface area contributed by atoms with E-state index in [1.807, 2.05) is 0 Å². The highest BCUT2D eigenvalue weighted by atomic mass is 35.5. The highest BCUT2D eigenvalue weighted by molar-refractivity contribution is 6.42. The minimum Gasteiger partial charge on any atom is -0.294 e. The van der Waals surface area contributed by atoms with Crippen molar-refractivity contribution in [1.29, 1.82) is 0 Å². The first kappa shape index (κ1) is 14.9. The van der Waals surface area contributed by atoms with E-state index >= 15 is 0 Å². The minimum absolute atomic E-state index is 0.103. The first-order chi connectivity index (χ1) is 8.24. The van der Waals surface area contributed by atoms with Crippen molar-refractivity contribution in [2.45, 2.75) is 32.2 Å². The highest BCUT2D eigenvalue weighted by Gasteiger charge is 2.31. The van der Waals surface area contributed by atoms with Gasteiger partial charge in [0.25, 0.3) is 0 Å². The molecule has 4 nitrogen and oxygen atoms in total. The maximum Gasteiger partial charge on any atom is 0.217 e. The van der Waals surface area contributed by atoms with E-state index in [9.17, 15) is 14.9 Å². The highest BCUT2D eigenvalue weighted by Crippen LogP contribution is 2.24. The van der Waals surface area contributed by atoms with Gasteiger partial charge in [0, 0.05) is 37.2 Å². The summed E-state index contributed by atoms with van der Waals surface area (Å²) in [5, 5.41) is 11.4. The van der Waals surface area contributed by atoms with Crippen LogP contribution in [0.4, 0.5) is 0 Å². The van der Waals surface area contributed by atoms with E-state index < -0.39 is 5.54 Å². The molecule has 18 heavy (non-hydrogen) atoms. The minimum atomic E-state index is -1.11. The third-order valence-corrected chi connectivity index (χ3v) is 3.44. The van der Waals surface area contributed by atoms with E-state index in [2.05, 4.69) is 0 Å².